The molecule has 0 radical (unpaired) electrons. The summed E-state index contributed by atoms with van der Waals surface area (Å²) in [5.74, 6) is 1.04. The molecule has 3 rings (SSSR count). The Morgan fingerprint density at radius 1 is 1.32 bits per heavy atom. The molecule has 1 aromatic rings. The number of carbonyl (C=O) groups excluding carboxylic acids is 1. The maximum atomic E-state index is 12.9. The van der Waals surface area contributed by atoms with Gasteiger partial charge in [-0.1, -0.05) is 12.1 Å². The molecule has 2 fully saturated rings. The number of aromatic nitrogens is 3. The standard InChI is InChI=1S/C15H25N5OS/c1-10-12(3)22-9-8-19(10)15(21)14-11(2)20(18-17-14)13-4-6-16-7-5-13/h10,12-13,16H,4-9H2,1-3H3. The van der Waals surface area contributed by atoms with Gasteiger partial charge in [-0.15, -0.1) is 5.10 Å². The first-order chi connectivity index (χ1) is 10.6. The van der Waals surface area contributed by atoms with E-state index in [4.69, 9.17) is 0 Å². The zero-order chi connectivity index (χ0) is 15.7. The van der Waals surface area contributed by atoms with E-state index in [0.717, 1.165) is 43.9 Å². The number of amides is 1. The SMILES string of the molecule is Cc1c(C(=O)N2CCSC(C)C2C)nnn1C1CCNCC1. The minimum Gasteiger partial charge on any atom is -0.333 e. The third-order valence-corrected chi connectivity index (χ3v) is 6.27. The van der Waals surface area contributed by atoms with E-state index in [0.29, 0.717) is 17.0 Å². The Bertz CT molecular complexity index is 540. The molecule has 7 heteroatoms. The van der Waals surface area contributed by atoms with Crippen molar-refractivity contribution in [2.45, 2.75) is 50.9 Å². The Kier molecular flexibility index (Phi) is 4.73. The summed E-state index contributed by atoms with van der Waals surface area (Å²) in [6.45, 7) is 9.10. The Morgan fingerprint density at radius 2 is 2.05 bits per heavy atom. The van der Waals surface area contributed by atoms with E-state index >= 15 is 0 Å². The van der Waals surface area contributed by atoms with Gasteiger partial charge in [0.05, 0.1) is 11.7 Å². The van der Waals surface area contributed by atoms with E-state index in [-0.39, 0.29) is 11.9 Å². The number of hydrogen-bond acceptors (Lipinski definition) is 5. The van der Waals surface area contributed by atoms with Gasteiger partial charge in [0.2, 0.25) is 0 Å². The van der Waals surface area contributed by atoms with Crippen molar-refractivity contribution in [2.24, 2.45) is 0 Å². The monoisotopic (exact) mass is 323 g/mol. The smallest absolute Gasteiger partial charge is 0.276 e. The molecule has 2 aliphatic rings. The largest absolute Gasteiger partial charge is 0.333 e. The summed E-state index contributed by atoms with van der Waals surface area (Å²) < 4.78 is 1.96. The summed E-state index contributed by atoms with van der Waals surface area (Å²) in [4.78, 5) is 14.8. The highest BCUT2D eigenvalue weighted by molar-refractivity contribution is 8.00. The van der Waals surface area contributed by atoms with Crippen LogP contribution in [0, 0.1) is 6.92 Å². The second-order valence-electron chi connectivity index (χ2n) is 6.26. The summed E-state index contributed by atoms with van der Waals surface area (Å²) in [7, 11) is 0. The highest BCUT2D eigenvalue weighted by atomic mass is 32.2. The molecule has 2 aliphatic heterocycles. The molecule has 2 atom stereocenters. The van der Waals surface area contributed by atoms with Crippen LogP contribution in [0.15, 0.2) is 0 Å². The van der Waals surface area contributed by atoms with E-state index in [9.17, 15) is 4.79 Å². The summed E-state index contributed by atoms with van der Waals surface area (Å²) >= 11 is 1.93. The number of thioether (sulfide) groups is 1. The van der Waals surface area contributed by atoms with Gasteiger partial charge in [-0.25, -0.2) is 4.68 Å². The van der Waals surface area contributed by atoms with E-state index in [1.807, 2.05) is 28.3 Å². The fourth-order valence-electron chi connectivity index (χ4n) is 3.29. The van der Waals surface area contributed by atoms with Crippen LogP contribution in [0.2, 0.25) is 0 Å². The molecule has 2 saturated heterocycles. The number of carbonyl (C=O) groups is 1. The molecule has 3 heterocycles. The fourth-order valence-corrected chi connectivity index (χ4v) is 4.39. The van der Waals surface area contributed by atoms with Crippen LogP contribution in [-0.2, 0) is 0 Å². The number of nitrogens with zero attached hydrogens (tertiary/aromatic N) is 4. The summed E-state index contributed by atoms with van der Waals surface area (Å²) in [5.41, 5.74) is 1.44. The summed E-state index contributed by atoms with van der Waals surface area (Å²) in [6, 6.07) is 0.609. The average Bonchev–Trinajstić information content (AvgIpc) is 2.92. The van der Waals surface area contributed by atoms with Gasteiger partial charge >= 0.3 is 0 Å². The Hall–Kier alpha value is -1.08. The van der Waals surface area contributed by atoms with Crippen molar-refractivity contribution in [2.75, 3.05) is 25.4 Å². The second kappa shape index (κ2) is 6.58. The Balaban J connectivity index is 1.79. The third kappa shape index (κ3) is 2.88. The zero-order valence-corrected chi connectivity index (χ0v) is 14.4. The number of hydrogen-bond donors (Lipinski definition) is 1. The van der Waals surface area contributed by atoms with Crippen molar-refractivity contribution >= 4 is 17.7 Å². The molecule has 22 heavy (non-hydrogen) atoms. The number of rotatable bonds is 2. The van der Waals surface area contributed by atoms with Gasteiger partial charge in [-0.3, -0.25) is 4.79 Å². The first-order valence-electron chi connectivity index (χ1n) is 8.14. The van der Waals surface area contributed by atoms with E-state index in [2.05, 4.69) is 29.5 Å². The minimum absolute atomic E-state index is 0.0392. The molecule has 0 aliphatic carbocycles. The highest BCUT2D eigenvalue weighted by Crippen LogP contribution is 2.26. The lowest BCUT2D eigenvalue weighted by Crippen LogP contribution is -2.48. The van der Waals surface area contributed by atoms with E-state index in [1.54, 1.807) is 0 Å². The van der Waals surface area contributed by atoms with Crippen LogP contribution in [0.25, 0.3) is 0 Å². The van der Waals surface area contributed by atoms with E-state index < -0.39 is 0 Å². The van der Waals surface area contributed by atoms with Crippen LogP contribution in [0.1, 0.15) is 48.9 Å². The van der Waals surface area contributed by atoms with Crippen molar-refractivity contribution in [3.05, 3.63) is 11.4 Å². The van der Waals surface area contributed by atoms with Gasteiger partial charge in [0.1, 0.15) is 0 Å². The molecule has 2 unspecified atom stereocenters. The van der Waals surface area contributed by atoms with Crippen molar-refractivity contribution in [1.82, 2.24) is 25.2 Å². The van der Waals surface area contributed by atoms with Crippen molar-refractivity contribution in [3.8, 4) is 0 Å². The maximum absolute atomic E-state index is 12.9. The predicted octanol–water partition coefficient (Wildman–Crippen LogP) is 1.48. The van der Waals surface area contributed by atoms with Gasteiger partial charge < -0.3 is 10.2 Å². The van der Waals surface area contributed by atoms with Crippen molar-refractivity contribution in [1.29, 1.82) is 0 Å². The molecule has 1 N–H and O–H groups in total. The summed E-state index contributed by atoms with van der Waals surface area (Å²) in [5, 5.41) is 12.3. The normalized spacial score (nSPS) is 27.1. The maximum Gasteiger partial charge on any atom is 0.276 e. The number of piperidine rings is 1. The number of nitrogens with one attached hydrogen (secondary N) is 1. The first-order valence-corrected chi connectivity index (χ1v) is 9.19. The van der Waals surface area contributed by atoms with Crippen molar-refractivity contribution in [3.63, 3.8) is 0 Å². The molecule has 0 aromatic carbocycles. The van der Waals surface area contributed by atoms with Crippen LogP contribution in [0.5, 0.6) is 0 Å². The van der Waals surface area contributed by atoms with Crippen LogP contribution in [0.4, 0.5) is 0 Å². The quantitative estimate of drug-likeness (QED) is 0.893. The topological polar surface area (TPSA) is 63.1 Å². The van der Waals surface area contributed by atoms with Gasteiger partial charge in [0, 0.05) is 23.6 Å². The first kappa shape index (κ1) is 15.8. The fraction of sp³-hybridized carbons (Fsp3) is 0.800. The lowest BCUT2D eigenvalue weighted by Gasteiger charge is -2.37. The van der Waals surface area contributed by atoms with Crippen LogP contribution < -0.4 is 5.32 Å². The average molecular weight is 323 g/mol. The van der Waals surface area contributed by atoms with Crippen LogP contribution >= 0.6 is 11.8 Å². The molecule has 1 amide bonds. The Morgan fingerprint density at radius 3 is 2.77 bits per heavy atom. The van der Waals surface area contributed by atoms with Gasteiger partial charge in [-0.05, 0) is 39.8 Å². The molecule has 0 bridgehead atoms. The van der Waals surface area contributed by atoms with Crippen molar-refractivity contribution < 1.29 is 4.79 Å². The van der Waals surface area contributed by atoms with Gasteiger partial charge in [0.25, 0.3) is 5.91 Å². The highest BCUT2D eigenvalue weighted by Gasteiger charge is 2.32. The molecular formula is C15H25N5OS. The predicted molar refractivity (Wildman–Crippen MR) is 88.3 cm³/mol. The van der Waals surface area contributed by atoms with E-state index in [1.165, 1.54) is 0 Å². The molecule has 0 saturated carbocycles. The van der Waals surface area contributed by atoms with Gasteiger partial charge in [0.15, 0.2) is 5.69 Å². The minimum atomic E-state index is 0.0392. The Labute approximate surface area is 136 Å². The third-order valence-electron chi connectivity index (χ3n) is 4.93. The van der Waals surface area contributed by atoms with Crippen LogP contribution in [-0.4, -0.2) is 62.5 Å². The zero-order valence-electron chi connectivity index (χ0n) is 13.6. The molecule has 0 spiro atoms. The molecule has 6 nitrogen and oxygen atoms in total. The molecule has 1 aromatic heterocycles. The summed E-state index contributed by atoms with van der Waals surface area (Å²) in [6.07, 6.45) is 2.09. The molecular weight excluding hydrogens is 298 g/mol. The van der Waals surface area contributed by atoms with Crippen LogP contribution in [0.3, 0.4) is 0 Å². The van der Waals surface area contributed by atoms with Gasteiger partial charge in [-0.2, -0.15) is 11.8 Å². The lowest BCUT2D eigenvalue weighted by atomic mass is 10.1. The lowest BCUT2D eigenvalue weighted by molar-refractivity contribution is 0.0691. The second-order valence-corrected chi connectivity index (χ2v) is 7.75. The molecule has 122 valence electrons.